The lowest BCUT2D eigenvalue weighted by molar-refractivity contribution is 0.0691. The van der Waals surface area contributed by atoms with E-state index in [0.29, 0.717) is 11.0 Å². The Hall–Kier alpha value is -2.89. The molecule has 116 valence electrons. The number of rotatable bonds is 3. The minimum Gasteiger partial charge on any atom is -0.477 e. The summed E-state index contributed by atoms with van der Waals surface area (Å²) in [5.74, 6) is 0.0170. The molecular weight excluding hydrogens is 292 g/mol. The largest absolute Gasteiger partial charge is 0.477 e. The standard InChI is InChI=1S/C17H16N4O2/c22-17(23)15-9-14-13(20-15)5-4-12(19-14)11-3-6-16(18-10-11)21-7-1-2-8-21/h3-6,9-10,20H,1-2,7-8H2,(H,22,23). The number of carboxylic acids is 1. The van der Waals surface area contributed by atoms with Gasteiger partial charge in [-0.2, -0.15) is 0 Å². The third-order valence-corrected chi connectivity index (χ3v) is 4.18. The van der Waals surface area contributed by atoms with E-state index < -0.39 is 5.97 Å². The van der Waals surface area contributed by atoms with Crippen molar-refractivity contribution in [3.05, 3.63) is 42.2 Å². The van der Waals surface area contributed by atoms with Crippen molar-refractivity contribution in [3.8, 4) is 11.3 Å². The van der Waals surface area contributed by atoms with Crippen LogP contribution in [-0.4, -0.2) is 39.1 Å². The van der Waals surface area contributed by atoms with Gasteiger partial charge in [-0.25, -0.2) is 14.8 Å². The van der Waals surface area contributed by atoms with Gasteiger partial charge in [-0.05, 0) is 43.2 Å². The lowest BCUT2D eigenvalue weighted by atomic mass is 10.2. The minimum atomic E-state index is -0.985. The van der Waals surface area contributed by atoms with Crippen molar-refractivity contribution in [2.45, 2.75) is 12.8 Å². The van der Waals surface area contributed by atoms with Gasteiger partial charge in [-0.1, -0.05) is 0 Å². The quantitative estimate of drug-likeness (QED) is 0.777. The molecule has 0 bridgehead atoms. The molecule has 1 aliphatic rings. The third kappa shape index (κ3) is 2.52. The van der Waals surface area contributed by atoms with E-state index in [9.17, 15) is 4.79 Å². The van der Waals surface area contributed by atoms with Crippen LogP contribution in [0.1, 0.15) is 23.3 Å². The molecule has 3 aromatic rings. The maximum Gasteiger partial charge on any atom is 0.352 e. The van der Waals surface area contributed by atoms with Gasteiger partial charge in [0.05, 0.1) is 16.7 Å². The van der Waals surface area contributed by atoms with Crippen molar-refractivity contribution in [1.29, 1.82) is 0 Å². The molecular formula is C17H16N4O2. The summed E-state index contributed by atoms with van der Waals surface area (Å²) in [7, 11) is 0. The number of carboxylic acid groups (broad SMARTS) is 1. The number of aromatic amines is 1. The number of nitrogens with zero attached hydrogens (tertiary/aromatic N) is 3. The number of H-pyrrole nitrogens is 1. The Balaban J connectivity index is 1.66. The van der Waals surface area contributed by atoms with Gasteiger partial charge in [0, 0.05) is 24.8 Å². The first kappa shape index (κ1) is 13.8. The second-order valence-corrected chi connectivity index (χ2v) is 5.72. The molecule has 1 aliphatic heterocycles. The molecule has 4 heterocycles. The van der Waals surface area contributed by atoms with Crippen molar-refractivity contribution >= 4 is 22.8 Å². The summed E-state index contributed by atoms with van der Waals surface area (Å²) in [6, 6.07) is 9.30. The summed E-state index contributed by atoms with van der Waals surface area (Å²) in [6.45, 7) is 2.13. The molecule has 0 aliphatic carbocycles. The molecule has 0 amide bonds. The number of pyridine rings is 2. The zero-order valence-electron chi connectivity index (χ0n) is 12.5. The van der Waals surface area contributed by atoms with E-state index in [0.717, 1.165) is 30.2 Å². The van der Waals surface area contributed by atoms with E-state index in [4.69, 9.17) is 5.11 Å². The summed E-state index contributed by atoms with van der Waals surface area (Å²) >= 11 is 0. The van der Waals surface area contributed by atoms with Crippen molar-refractivity contribution in [2.75, 3.05) is 18.0 Å². The number of fused-ring (bicyclic) bond motifs is 1. The summed E-state index contributed by atoms with van der Waals surface area (Å²) in [5.41, 5.74) is 3.21. The summed E-state index contributed by atoms with van der Waals surface area (Å²) in [6.07, 6.45) is 4.27. The lowest BCUT2D eigenvalue weighted by Gasteiger charge is -2.16. The van der Waals surface area contributed by atoms with Crippen LogP contribution in [0.15, 0.2) is 36.5 Å². The van der Waals surface area contributed by atoms with Gasteiger partial charge in [0.25, 0.3) is 0 Å². The molecule has 0 unspecified atom stereocenters. The summed E-state index contributed by atoms with van der Waals surface area (Å²) in [5, 5.41) is 9.03. The molecule has 0 atom stereocenters. The van der Waals surface area contributed by atoms with E-state index >= 15 is 0 Å². The molecule has 1 fully saturated rings. The van der Waals surface area contributed by atoms with E-state index in [1.54, 1.807) is 6.07 Å². The maximum atomic E-state index is 11.0. The maximum absolute atomic E-state index is 11.0. The van der Waals surface area contributed by atoms with Crippen LogP contribution in [0.25, 0.3) is 22.3 Å². The van der Waals surface area contributed by atoms with Crippen molar-refractivity contribution < 1.29 is 9.90 Å². The summed E-state index contributed by atoms with van der Waals surface area (Å²) < 4.78 is 0. The van der Waals surface area contributed by atoms with Gasteiger partial charge in [0.15, 0.2) is 0 Å². The van der Waals surface area contributed by atoms with Crippen LogP contribution >= 0.6 is 0 Å². The van der Waals surface area contributed by atoms with Gasteiger partial charge in [0.1, 0.15) is 11.5 Å². The first-order valence-electron chi connectivity index (χ1n) is 7.65. The fourth-order valence-electron chi connectivity index (χ4n) is 2.96. The highest BCUT2D eigenvalue weighted by molar-refractivity contribution is 5.92. The minimum absolute atomic E-state index is 0.146. The average Bonchev–Trinajstić information content (AvgIpc) is 3.24. The molecule has 1 saturated heterocycles. The smallest absolute Gasteiger partial charge is 0.352 e. The lowest BCUT2D eigenvalue weighted by Crippen LogP contribution is -2.18. The average molecular weight is 308 g/mol. The van der Waals surface area contributed by atoms with E-state index in [2.05, 4.69) is 19.9 Å². The molecule has 6 heteroatoms. The monoisotopic (exact) mass is 308 g/mol. The van der Waals surface area contributed by atoms with Crippen molar-refractivity contribution in [2.24, 2.45) is 0 Å². The fraction of sp³-hybridized carbons (Fsp3) is 0.235. The number of aromatic carboxylic acids is 1. The first-order valence-corrected chi connectivity index (χ1v) is 7.65. The Bertz CT molecular complexity index is 864. The molecule has 0 spiro atoms. The Morgan fingerprint density at radius 3 is 2.70 bits per heavy atom. The normalized spacial score (nSPS) is 14.5. The van der Waals surface area contributed by atoms with E-state index in [1.807, 2.05) is 30.5 Å². The highest BCUT2D eigenvalue weighted by Crippen LogP contribution is 2.24. The van der Waals surface area contributed by atoms with Gasteiger partial charge < -0.3 is 15.0 Å². The van der Waals surface area contributed by atoms with E-state index in [1.165, 1.54) is 12.8 Å². The van der Waals surface area contributed by atoms with Crippen LogP contribution in [0.3, 0.4) is 0 Å². The van der Waals surface area contributed by atoms with Crippen LogP contribution < -0.4 is 4.90 Å². The second kappa shape index (κ2) is 5.39. The van der Waals surface area contributed by atoms with Crippen molar-refractivity contribution in [1.82, 2.24) is 15.0 Å². The number of hydrogen-bond acceptors (Lipinski definition) is 4. The SMILES string of the molecule is O=C(O)c1cc2nc(-c3ccc(N4CCCC4)nc3)ccc2[nH]1. The number of hydrogen-bond donors (Lipinski definition) is 2. The predicted octanol–water partition coefficient (Wildman–Crippen LogP) is 2.92. The molecule has 0 saturated carbocycles. The van der Waals surface area contributed by atoms with E-state index in [-0.39, 0.29) is 5.69 Å². The number of anilines is 1. The van der Waals surface area contributed by atoms with Gasteiger partial charge in [-0.3, -0.25) is 0 Å². The molecule has 4 rings (SSSR count). The van der Waals surface area contributed by atoms with Crippen LogP contribution in [0.2, 0.25) is 0 Å². The Kier molecular flexibility index (Phi) is 3.22. The number of carbonyl (C=O) groups is 1. The third-order valence-electron chi connectivity index (χ3n) is 4.18. The number of nitrogens with one attached hydrogen (secondary N) is 1. The van der Waals surface area contributed by atoms with Crippen LogP contribution in [0.5, 0.6) is 0 Å². The summed E-state index contributed by atoms with van der Waals surface area (Å²) in [4.78, 5) is 25.2. The Morgan fingerprint density at radius 2 is 2.00 bits per heavy atom. The number of aromatic nitrogens is 3. The zero-order valence-corrected chi connectivity index (χ0v) is 12.5. The van der Waals surface area contributed by atoms with Gasteiger partial charge in [0.2, 0.25) is 0 Å². The van der Waals surface area contributed by atoms with Gasteiger partial charge >= 0.3 is 5.97 Å². The van der Waals surface area contributed by atoms with Crippen LogP contribution in [0.4, 0.5) is 5.82 Å². The second-order valence-electron chi connectivity index (χ2n) is 5.72. The molecule has 6 nitrogen and oxygen atoms in total. The van der Waals surface area contributed by atoms with Crippen LogP contribution in [0, 0.1) is 0 Å². The zero-order chi connectivity index (χ0) is 15.8. The molecule has 3 aromatic heterocycles. The van der Waals surface area contributed by atoms with Crippen LogP contribution in [-0.2, 0) is 0 Å². The Labute approximate surface area is 132 Å². The van der Waals surface area contributed by atoms with Crippen molar-refractivity contribution in [3.63, 3.8) is 0 Å². The molecule has 23 heavy (non-hydrogen) atoms. The molecule has 0 radical (unpaired) electrons. The topological polar surface area (TPSA) is 82.1 Å². The highest BCUT2D eigenvalue weighted by Gasteiger charge is 2.14. The highest BCUT2D eigenvalue weighted by atomic mass is 16.4. The molecule has 0 aromatic carbocycles. The first-order chi connectivity index (χ1) is 11.2. The predicted molar refractivity (Wildman–Crippen MR) is 87.7 cm³/mol. The molecule has 2 N–H and O–H groups in total. The van der Waals surface area contributed by atoms with Gasteiger partial charge in [-0.15, -0.1) is 0 Å². The fourth-order valence-corrected chi connectivity index (χ4v) is 2.96. The Morgan fingerprint density at radius 1 is 1.17 bits per heavy atom.